The highest BCUT2D eigenvalue weighted by atomic mass is 16.5. The zero-order valence-corrected chi connectivity index (χ0v) is 16.9. The molecule has 0 saturated carbocycles. The lowest BCUT2D eigenvalue weighted by atomic mass is 9.95. The lowest BCUT2D eigenvalue weighted by Gasteiger charge is -2.18. The molecule has 0 aliphatic carbocycles. The predicted molar refractivity (Wildman–Crippen MR) is 111 cm³/mol. The Labute approximate surface area is 166 Å². The number of anilines is 2. The lowest BCUT2D eigenvalue weighted by molar-refractivity contribution is -0.123. The SMILES string of the molecule is COc1ccc(OCCCC(=O)Nc2cccc(NC(=O)C(C)(C)C)c2)cc1. The van der Waals surface area contributed by atoms with Crippen LogP contribution in [0.1, 0.15) is 33.6 Å². The number of amides is 2. The van der Waals surface area contributed by atoms with Gasteiger partial charge in [-0.1, -0.05) is 26.8 Å². The van der Waals surface area contributed by atoms with E-state index in [1.807, 2.05) is 45.0 Å². The summed E-state index contributed by atoms with van der Waals surface area (Å²) >= 11 is 0. The van der Waals surface area contributed by atoms with Crippen molar-refractivity contribution in [1.29, 1.82) is 0 Å². The molecule has 0 aliphatic rings. The Morgan fingerprint density at radius 3 is 2.14 bits per heavy atom. The van der Waals surface area contributed by atoms with Gasteiger partial charge in [0.1, 0.15) is 11.5 Å². The molecule has 150 valence electrons. The standard InChI is InChI=1S/C22H28N2O4/c1-22(2,3)21(26)24-17-8-5-7-16(15-17)23-20(25)9-6-14-28-19-12-10-18(27-4)11-13-19/h5,7-8,10-13,15H,6,9,14H2,1-4H3,(H,23,25)(H,24,26). The molecule has 0 heterocycles. The van der Waals surface area contributed by atoms with Crippen LogP contribution in [0.3, 0.4) is 0 Å². The number of hydrogen-bond donors (Lipinski definition) is 2. The molecule has 2 rings (SSSR count). The van der Waals surface area contributed by atoms with Gasteiger partial charge in [-0.2, -0.15) is 0 Å². The number of rotatable bonds is 8. The lowest BCUT2D eigenvalue weighted by Crippen LogP contribution is -2.27. The van der Waals surface area contributed by atoms with Crippen LogP contribution >= 0.6 is 0 Å². The summed E-state index contributed by atoms with van der Waals surface area (Å²) < 4.78 is 10.7. The van der Waals surface area contributed by atoms with Crippen molar-refractivity contribution in [3.8, 4) is 11.5 Å². The number of hydrogen-bond acceptors (Lipinski definition) is 4. The molecule has 0 aromatic heterocycles. The highest BCUT2D eigenvalue weighted by molar-refractivity contribution is 5.96. The zero-order valence-electron chi connectivity index (χ0n) is 16.9. The third-order valence-electron chi connectivity index (χ3n) is 3.96. The van der Waals surface area contributed by atoms with Crippen LogP contribution in [0, 0.1) is 5.41 Å². The number of benzene rings is 2. The number of carbonyl (C=O) groups is 2. The van der Waals surface area contributed by atoms with Gasteiger partial charge in [0.25, 0.3) is 0 Å². The molecule has 0 bridgehead atoms. The Balaban J connectivity index is 1.76. The first-order valence-electron chi connectivity index (χ1n) is 9.26. The van der Waals surface area contributed by atoms with Gasteiger partial charge < -0.3 is 20.1 Å². The van der Waals surface area contributed by atoms with E-state index in [0.717, 1.165) is 11.5 Å². The average molecular weight is 384 g/mol. The maximum atomic E-state index is 12.1. The van der Waals surface area contributed by atoms with Crippen molar-refractivity contribution in [3.05, 3.63) is 48.5 Å². The van der Waals surface area contributed by atoms with Gasteiger partial charge in [0.15, 0.2) is 0 Å². The van der Waals surface area contributed by atoms with E-state index < -0.39 is 5.41 Å². The minimum absolute atomic E-state index is 0.0772. The van der Waals surface area contributed by atoms with Crippen LogP contribution in [0.25, 0.3) is 0 Å². The first-order chi connectivity index (χ1) is 13.3. The molecule has 0 saturated heterocycles. The van der Waals surface area contributed by atoms with Gasteiger partial charge in [-0.25, -0.2) is 0 Å². The van der Waals surface area contributed by atoms with E-state index in [4.69, 9.17) is 9.47 Å². The molecule has 0 radical (unpaired) electrons. The fourth-order valence-corrected chi connectivity index (χ4v) is 2.31. The predicted octanol–water partition coefficient (Wildman–Crippen LogP) is 4.48. The van der Waals surface area contributed by atoms with Gasteiger partial charge in [0.05, 0.1) is 13.7 Å². The molecule has 6 heteroatoms. The number of carbonyl (C=O) groups excluding carboxylic acids is 2. The molecular weight excluding hydrogens is 356 g/mol. The van der Waals surface area contributed by atoms with Crippen LogP contribution in [0.4, 0.5) is 11.4 Å². The van der Waals surface area contributed by atoms with E-state index in [2.05, 4.69) is 10.6 Å². The van der Waals surface area contributed by atoms with Crippen LogP contribution in [0.15, 0.2) is 48.5 Å². The fraction of sp³-hybridized carbons (Fsp3) is 0.364. The molecule has 0 spiro atoms. The Bertz CT molecular complexity index is 795. The first-order valence-corrected chi connectivity index (χ1v) is 9.26. The van der Waals surface area contributed by atoms with Crippen molar-refractivity contribution in [1.82, 2.24) is 0 Å². The Kier molecular flexibility index (Phi) is 7.44. The minimum atomic E-state index is -0.483. The average Bonchev–Trinajstić information content (AvgIpc) is 2.65. The third kappa shape index (κ3) is 6.95. The van der Waals surface area contributed by atoms with Crippen molar-refractivity contribution in [3.63, 3.8) is 0 Å². The number of ether oxygens (including phenoxy) is 2. The second-order valence-electron chi connectivity index (χ2n) is 7.46. The summed E-state index contributed by atoms with van der Waals surface area (Å²) in [7, 11) is 1.61. The van der Waals surface area contributed by atoms with Crippen molar-refractivity contribution in [2.75, 3.05) is 24.4 Å². The molecule has 0 fully saturated rings. The van der Waals surface area contributed by atoms with Crippen LogP contribution in [0.5, 0.6) is 11.5 Å². The van der Waals surface area contributed by atoms with E-state index in [9.17, 15) is 9.59 Å². The minimum Gasteiger partial charge on any atom is -0.497 e. The molecule has 0 unspecified atom stereocenters. The monoisotopic (exact) mass is 384 g/mol. The molecule has 6 nitrogen and oxygen atoms in total. The normalized spacial score (nSPS) is 10.9. The first kappa shape index (κ1) is 21.3. The molecule has 0 aliphatic heterocycles. The molecule has 28 heavy (non-hydrogen) atoms. The van der Waals surface area contributed by atoms with E-state index >= 15 is 0 Å². The zero-order chi connectivity index (χ0) is 20.6. The van der Waals surface area contributed by atoms with Crippen LogP contribution in [-0.2, 0) is 9.59 Å². The summed E-state index contributed by atoms with van der Waals surface area (Å²) in [6.45, 7) is 5.99. The van der Waals surface area contributed by atoms with Crippen LogP contribution in [-0.4, -0.2) is 25.5 Å². The summed E-state index contributed by atoms with van der Waals surface area (Å²) in [5, 5.41) is 5.70. The van der Waals surface area contributed by atoms with Gasteiger partial charge in [0, 0.05) is 23.2 Å². The Hall–Kier alpha value is -3.02. The van der Waals surface area contributed by atoms with E-state index in [-0.39, 0.29) is 11.8 Å². The van der Waals surface area contributed by atoms with Gasteiger partial charge >= 0.3 is 0 Å². The van der Waals surface area contributed by atoms with E-state index in [0.29, 0.717) is 30.8 Å². The topological polar surface area (TPSA) is 76.7 Å². The molecule has 2 aromatic carbocycles. The largest absolute Gasteiger partial charge is 0.497 e. The van der Waals surface area contributed by atoms with Crippen LogP contribution < -0.4 is 20.1 Å². The van der Waals surface area contributed by atoms with Gasteiger partial charge in [-0.05, 0) is 48.9 Å². The molecule has 2 N–H and O–H groups in total. The highest BCUT2D eigenvalue weighted by Crippen LogP contribution is 2.20. The number of methoxy groups -OCH3 is 1. The molecule has 2 aromatic rings. The summed E-state index contributed by atoms with van der Waals surface area (Å²) in [6, 6.07) is 14.4. The Morgan fingerprint density at radius 1 is 0.929 bits per heavy atom. The van der Waals surface area contributed by atoms with Crippen molar-refractivity contribution in [2.24, 2.45) is 5.41 Å². The van der Waals surface area contributed by atoms with Crippen LogP contribution in [0.2, 0.25) is 0 Å². The van der Waals surface area contributed by atoms with Crippen molar-refractivity contribution < 1.29 is 19.1 Å². The summed E-state index contributed by atoms with van der Waals surface area (Å²) in [5.41, 5.74) is 0.816. The maximum Gasteiger partial charge on any atom is 0.229 e. The fourth-order valence-electron chi connectivity index (χ4n) is 2.31. The van der Waals surface area contributed by atoms with E-state index in [1.54, 1.807) is 31.4 Å². The van der Waals surface area contributed by atoms with Crippen molar-refractivity contribution in [2.45, 2.75) is 33.6 Å². The summed E-state index contributed by atoms with van der Waals surface area (Å²) in [5.74, 6) is 1.33. The summed E-state index contributed by atoms with van der Waals surface area (Å²) in [4.78, 5) is 24.2. The second kappa shape index (κ2) is 9.78. The molecule has 2 amide bonds. The van der Waals surface area contributed by atoms with E-state index in [1.165, 1.54) is 0 Å². The molecule has 0 atom stereocenters. The highest BCUT2D eigenvalue weighted by Gasteiger charge is 2.21. The van der Waals surface area contributed by atoms with Gasteiger partial charge in [-0.15, -0.1) is 0 Å². The quantitative estimate of drug-likeness (QED) is 0.658. The smallest absolute Gasteiger partial charge is 0.229 e. The third-order valence-corrected chi connectivity index (χ3v) is 3.96. The second-order valence-corrected chi connectivity index (χ2v) is 7.46. The van der Waals surface area contributed by atoms with Crippen molar-refractivity contribution >= 4 is 23.2 Å². The summed E-state index contributed by atoms with van der Waals surface area (Å²) in [6.07, 6.45) is 0.938. The maximum absolute atomic E-state index is 12.1. The van der Waals surface area contributed by atoms with Gasteiger partial charge in [-0.3, -0.25) is 9.59 Å². The Morgan fingerprint density at radius 2 is 1.54 bits per heavy atom. The van der Waals surface area contributed by atoms with Gasteiger partial charge in [0.2, 0.25) is 11.8 Å². The molecular formula is C22H28N2O4. The number of nitrogens with one attached hydrogen (secondary N) is 2.